The van der Waals surface area contributed by atoms with Crippen molar-refractivity contribution in [1.82, 2.24) is 21.3 Å². The Kier molecular flexibility index (Phi) is 15.2. The van der Waals surface area contributed by atoms with Crippen LogP contribution in [0.3, 0.4) is 0 Å². The maximum absolute atomic E-state index is 12.5. The van der Waals surface area contributed by atoms with E-state index >= 15 is 0 Å². The second-order valence-corrected chi connectivity index (χ2v) is 9.85. The van der Waals surface area contributed by atoms with Crippen molar-refractivity contribution in [2.24, 2.45) is 0 Å². The minimum Gasteiger partial charge on any atom is -0.497 e. The molecule has 0 aliphatic rings. The Labute approximate surface area is 268 Å². The first kappa shape index (κ1) is 37.6. The van der Waals surface area contributed by atoms with Crippen molar-refractivity contribution in [3.63, 3.8) is 0 Å². The van der Waals surface area contributed by atoms with E-state index in [1.165, 1.54) is 0 Å². The molecule has 0 fully saturated rings. The van der Waals surface area contributed by atoms with Gasteiger partial charge in [0.05, 0.1) is 26.1 Å². The lowest BCUT2D eigenvalue weighted by Crippen LogP contribution is -2.39. The lowest BCUT2D eigenvalue weighted by molar-refractivity contribution is -0.192. The normalized spacial score (nSPS) is 11.1. The minimum absolute atomic E-state index is 0.117. The predicted octanol–water partition coefficient (Wildman–Crippen LogP) is 4.02. The molecule has 0 radical (unpaired) electrons. The Balaban J connectivity index is 0.000000984. The van der Waals surface area contributed by atoms with Crippen molar-refractivity contribution >= 4 is 29.8 Å². The number of halogens is 3. The number of nitrogens with one attached hydrogen (secondary N) is 4. The summed E-state index contributed by atoms with van der Waals surface area (Å²) in [6, 6.07) is 23.3. The molecule has 3 aromatic rings. The average molecular weight is 661 g/mol. The summed E-state index contributed by atoms with van der Waals surface area (Å²) in [7, 11) is 1.58. The van der Waals surface area contributed by atoms with E-state index in [9.17, 15) is 37.5 Å². The molecule has 1 unspecified atom stereocenters. The zero-order valence-electron chi connectivity index (χ0n) is 25.3. The number of urea groups is 1. The molecule has 0 aromatic heterocycles. The van der Waals surface area contributed by atoms with E-state index in [1.54, 1.807) is 19.2 Å². The van der Waals surface area contributed by atoms with Gasteiger partial charge in [-0.3, -0.25) is 14.4 Å². The number of amides is 4. The fraction of sp³-hybridized carbons (Fsp3) is 0.281. The van der Waals surface area contributed by atoms with Crippen molar-refractivity contribution in [1.29, 1.82) is 0 Å². The first-order valence-corrected chi connectivity index (χ1v) is 14.2. The number of hydrogen-bond donors (Lipinski definition) is 6. The van der Waals surface area contributed by atoms with Gasteiger partial charge in [-0.15, -0.1) is 0 Å². The lowest BCUT2D eigenvalue weighted by Gasteiger charge is -2.18. The summed E-state index contributed by atoms with van der Waals surface area (Å²) < 4.78 is 36.8. The summed E-state index contributed by atoms with van der Waals surface area (Å²) in [6.45, 7) is 0.353. The van der Waals surface area contributed by atoms with E-state index in [-0.39, 0.29) is 37.9 Å². The van der Waals surface area contributed by atoms with E-state index in [1.807, 2.05) is 66.7 Å². The van der Waals surface area contributed by atoms with Crippen LogP contribution in [-0.4, -0.2) is 66.4 Å². The van der Waals surface area contributed by atoms with E-state index < -0.39 is 30.1 Å². The van der Waals surface area contributed by atoms with Crippen LogP contribution in [0.1, 0.15) is 36.4 Å². The van der Waals surface area contributed by atoms with Gasteiger partial charge in [0.15, 0.2) is 0 Å². The maximum Gasteiger partial charge on any atom is 0.490 e. The number of alkyl halides is 3. The number of hydrogen-bond acceptors (Lipinski definition) is 6. The lowest BCUT2D eigenvalue weighted by atomic mass is 9.99. The van der Waals surface area contributed by atoms with Gasteiger partial charge >= 0.3 is 24.1 Å². The fourth-order valence-corrected chi connectivity index (χ4v) is 3.92. The molecular formula is C32H35F3N4O8. The third-order valence-corrected chi connectivity index (χ3v) is 6.30. The Morgan fingerprint density at radius 3 is 1.94 bits per heavy atom. The number of carbonyl (C=O) groups is 5. The molecule has 4 amide bonds. The third-order valence-electron chi connectivity index (χ3n) is 6.30. The fourth-order valence-electron chi connectivity index (χ4n) is 3.92. The number of carboxylic acid groups (broad SMARTS) is 2. The van der Waals surface area contributed by atoms with Crippen molar-refractivity contribution < 1.29 is 52.1 Å². The van der Waals surface area contributed by atoms with Crippen LogP contribution in [0.15, 0.2) is 78.9 Å². The molecule has 1 atom stereocenters. The summed E-state index contributed by atoms with van der Waals surface area (Å²) in [5.41, 5.74) is 3.57. The highest BCUT2D eigenvalue weighted by atomic mass is 19.4. The second kappa shape index (κ2) is 19.0. The van der Waals surface area contributed by atoms with Gasteiger partial charge in [0.25, 0.3) is 0 Å². The smallest absolute Gasteiger partial charge is 0.490 e. The number of ether oxygens (including phenoxy) is 1. The Morgan fingerprint density at radius 2 is 1.38 bits per heavy atom. The summed E-state index contributed by atoms with van der Waals surface area (Å²) in [4.78, 5) is 56.8. The van der Waals surface area contributed by atoms with Gasteiger partial charge in [-0.05, 0) is 40.8 Å². The highest BCUT2D eigenvalue weighted by Gasteiger charge is 2.38. The molecule has 6 N–H and O–H groups in total. The number of methoxy groups -OCH3 is 1. The van der Waals surface area contributed by atoms with Crippen molar-refractivity contribution in [2.75, 3.05) is 20.2 Å². The van der Waals surface area contributed by atoms with Gasteiger partial charge in [0.1, 0.15) is 5.75 Å². The highest BCUT2D eigenvalue weighted by molar-refractivity contribution is 5.85. The van der Waals surface area contributed by atoms with Gasteiger partial charge in [0.2, 0.25) is 11.8 Å². The van der Waals surface area contributed by atoms with Crippen molar-refractivity contribution in [2.45, 2.75) is 38.0 Å². The van der Waals surface area contributed by atoms with E-state index in [0.29, 0.717) is 18.5 Å². The number of aliphatic carboxylic acids is 2. The van der Waals surface area contributed by atoms with Gasteiger partial charge in [0, 0.05) is 19.5 Å². The highest BCUT2D eigenvalue weighted by Crippen LogP contribution is 2.23. The molecule has 0 aliphatic carbocycles. The molecule has 3 aromatic carbocycles. The zero-order valence-corrected chi connectivity index (χ0v) is 25.3. The molecule has 252 valence electrons. The maximum atomic E-state index is 12.5. The van der Waals surface area contributed by atoms with Gasteiger partial charge in [-0.25, -0.2) is 9.59 Å². The van der Waals surface area contributed by atoms with Crippen molar-refractivity contribution in [3.8, 4) is 16.9 Å². The van der Waals surface area contributed by atoms with E-state index in [0.717, 1.165) is 22.4 Å². The van der Waals surface area contributed by atoms with Crippen molar-refractivity contribution in [3.05, 3.63) is 90.0 Å². The second-order valence-electron chi connectivity index (χ2n) is 9.85. The molecule has 0 aliphatic heterocycles. The van der Waals surface area contributed by atoms with Gasteiger partial charge < -0.3 is 36.2 Å². The molecule has 0 bridgehead atoms. The van der Waals surface area contributed by atoms with E-state index in [2.05, 4.69) is 21.3 Å². The third kappa shape index (κ3) is 14.8. The van der Waals surface area contributed by atoms with Crippen LogP contribution in [0.25, 0.3) is 11.1 Å². The van der Waals surface area contributed by atoms with E-state index in [4.69, 9.17) is 14.6 Å². The van der Waals surface area contributed by atoms with Crippen LogP contribution in [0, 0.1) is 0 Å². The van der Waals surface area contributed by atoms with Crippen LogP contribution in [0.4, 0.5) is 18.0 Å². The monoisotopic (exact) mass is 660 g/mol. The number of rotatable bonds is 14. The summed E-state index contributed by atoms with van der Waals surface area (Å²) in [6.07, 6.45) is -4.87. The number of carboxylic acids is 2. The Morgan fingerprint density at radius 1 is 0.787 bits per heavy atom. The van der Waals surface area contributed by atoms with Crippen LogP contribution < -0.4 is 26.0 Å². The average Bonchev–Trinajstić information content (AvgIpc) is 3.05. The summed E-state index contributed by atoms with van der Waals surface area (Å²) >= 11 is 0. The standard InChI is InChI=1S/C30H34N4O6.C2HF3O2/c1-40-25-15-9-21(10-16-25)19-33-30(39)31-17-5-8-27(35)32-20-28(36)34-26(18-29(37)38)24-13-11-23(12-14-24)22-6-3-2-4-7-22;3-2(4,5)1(6)7/h2-4,6-7,9-16,26H,5,8,17-20H2,1H3,(H,32,35)(H,34,36)(H,37,38)(H2,31,33,39);(H,6,7). The number of carbonyl (C=O) groups excluding carboxylic acids is 3. The molecule has 0 saturated carbocycles. The number of benzene rings is 3. The topological polar surface area (TPSA) is 183 Å². The van der Waals surface area contributed by atoms with Crippen LogP contribution in [-0.2, 0) is 25.7 Å². The molecular weight excluding hydrogens is 625 g/mol. The molecule has 15 heteroatoms. The Hall–Kier alpha value is -5.60. The molecule has 0 saturated heterocycles. The summed E-state index contributed by atoms with van der Waals surface area (Å²) in [5.74, 6) is -3.92. The van der Waals surface area contributed by atoms with Crippen LogP contribution in [0.5, 0.6) is 5.75 Å². The molecule has 3 rings (SSSR count). The van der Waals surface area contributed by atoms with Crippen LogP contribution >= 0.6 is 0 Å². The van der Waals surface area contributed by atoms with Gasteiger partial charge in [-0.1, -0.05) is 66.7 Å². The first-order valence-electron chi connectivity index (χ1n) is 14.2. The molecule has 0 heterocycles. The molecule has 12 nitrogen and oxygen atoms in total. The molecule has 47 heavy (non-hydrogen) atoms. The van der Waals surface area contributed by atoms with Crippen LogP contribution in [0.2, 0.25) is 0 Å². The predicted molar refractivity (Wildman–Crippen MR) is 164 cm³/mol. The van der Waals surface area contributed by atoms with Gasteiger partial charge in [-0.2, -0.15) is 13.2 Å². The SMILES string of the molecule is COc1ccc(CNC(=O)NCCCC(=O)NCC(=O)NC(CC(=O)O)c2ccc(-c3ccccc3)cc2)cc1.O=C(O)C(F)(F)F. The summed E-state index contributed by atoms with van der Waals surface area (Å²) in [5, 5.41) is 27.1. The largest absolute Gasteiger partial charge is 0.497 e. The Bertz CT molecular complexity index is 1470. The zero-order chi connectivity index (χ0) is 34.8. The quantitative estimate of drug-likeness (QED) is 0.140. The first-order chi connectivity index (χ1) is 22.3. The minimum atomic E-state index is -5.08. The molecule has 0 spiro atoms.